The molecule has 2 N–H and O–H groups in total. The molecule has 1 aliphatic rings. The molecule has 0 saturated heterocycles. The number of nitrogens with zero attached hydrogens (tertiary/aromatic N) is 1. The zero-order valence-electron chi connectivity index (χ0n) is 10.6. The van der Waals surface area contributed by atoms with Gasteiger partial charge in [-0.25, -0.2) is 0 Å². The second-order valence-corrected chi connectivity index (χ2v) is 3.87. The summed E-state index contributed by atoms with van der Waals surface area (Å²) in [5, 5.41) is 8.27. The van der Waals surface area contributed by atoms with Gasteiger partial charge in [0, 0.05) is 0 Å². The van der Waals surface area contributed by atoms with Crippen molar-refractivity contribution in [2.24, 2.45) is 0 Å². The lowest BCUT2D eigenvalue weighted by Gasteiger charge is -2.06. The summed E-state index contributed by atoms with van der Waals surface area (Å²) in [6, 6.07) is 0. The Bertz CT molecular complexity index is 629. The second kappa shape index (κ2) is 5.47. The summed E-state index contributed by atoms with van der Waals surface area (Å²) in [6.45, 7) is 1.51. The second-order valence-electron chi connectivity index (χ2n) is 3.87. The normalized spacial score (nSPS) is 13.1. The highest BCUT2D eigenvalue weighted by molar-refractivity contribution is 6.24. The van der Waals surface area contributed by atoms with Gasteiger partial charge in [0.1, 0.15) is 17.9 Å². The van der Waals surface area contributed by atoms with Gasteiger partial charge in [0.2, 0.25) is 5.78 Å². The maximum Gasteiger partial charge on any atom is 0.325 e. The van der Waals surface area contributed by atoms with E-state index in [4.69, 9.17) is 0 Å². The van der Waals surface area contributed by atoms with Gasteiger partial charge in [-0.1, -0.05) is 0 Å². The van der Waals surface area contributed by atoms with Crippen LogP contribution < -0.4 is 5.32 Å². The molecule has 1 aromatic rings. The van der Waals surface area contributed by atoms with E-state index in [0.717, 1.165) is 12.2 Å². The molecule has 0 aromatic carbocycles. The highest BCUT2D eigenvalue weighted by Crippen LogP contribution is 2.18. The predicted octanol–water partition coefficient (Wildman–Crippen LogP) is -0.362. The molecule has 0 saturated carbocycles. The van der Waals surface area contributed by atoms with Crippen molar-refractivity contribution < 1.29 is 23.9 Å². The van der Waals surface area contributed by atoms with Crippen molar-refractivity contribution in [1.82, 2.24) is 15.5 Å². The Kier molecular flexibility index (Phi) is 3.74. The summed E-state index contributed by atoms with van der Waals surface area (Å²) in [5.41, 5.74) is -0.329. The number of allylic oxidation sites excluding steroid dienone is 2. The molecule has 1 aromatic heterocycles. The standard InChI is InChI=1S/C12H11N3O5/c1-2-20-8(18)5-13-12(19)11-9-6(16)3-4-7(17)10(9)14-15-11/h3-4H,2,5H2,1H3,(H,13,19)(H,14,15). The highest BCUT2D eigenvalue weighted by Gasteiger charge is 2.29. The SMILES string of the molecule is CCOC(=O)CNC(=O)c1[nH]nc2c1C(=O)C=CC2=O. The smallest absolute Gasteiger partial charge is 0.325 e. The topological polar surface area (TPSA) is 118 Å². The van der Waals surface area contributed by atoms with Crippen molar-refractivity contribution >= 4 is 23.4 Å². The summed E-state index contributed by atoms with van der Waals surface area (Å²) in [4.78, 5) is 46.2. The zero-order valence-corrected chi connectivity index (χ0v) is 10.6. The Labute approximate surface area is 113 Å². The van der Waals surface area contributed by atoms with E-state index < -0.39 is 23.4 Å². The first-order valence-electron chi connectivity index (χ1n) is 5.83. The Balaban J connectivity index is 2.15. The van der Waals surface area contributed by atoms with Crippen molar-refractivity contribution in [3.8, 4) is 0 Å². The van der Waals surface area contributed by atoms with Crippen LogP contribution in [0.25, 0.3) is 0 Å². The molecule has 0 bridgehead atoms. The molecule has 0 aliphatic heterocycles. The molecule has 0 fully saturated rings. The molecule has 8 nitrogen and oxygen atoms in total. The minimum Gasteiger partial charge on any atom is -0.465 e. The largest absolute Gasteiger partial charge is 0.465 e. The van der Waals surface area contributed by atoms with E-state index in [1.165, 1.54) is 0 Å². The molecule has 1 amide bonds. The molecule has 0 unspecified atom stereocenters. The van der Waals surface area contributed by atoms with E-state index in [0.29, 0.717) is 0 Å². The number of fused-ring (bicyclic) bond motifs is 1. The van der Waals surface area contributed by atoms with Crippen LogP contribution in [0.4, 0.5) is 0 Å². The Morgan fingerprint density at radius 3 is 2.70 bits per heavy atom. The van der Waals surface area contributed by atoms with E-state index in [9.17, 15) is 19.2 Å². The minimum absolute atomic E-state index is 0.0844. The van der Waals surface area contributed by atoms with E-state index in [2.05, 4.69) is 20.3 Å². The van der Waals surface area contributed by atoms with E-state index >= 15 is 0 Å². The maximum absolute atomic E-state index is 11.9. The van der Waals surface area contributed by atoms with Crippen LogP contribution in [-0.4, -0.2) is 46.8 Å². The van der Waals surface area contributed by atoms with Gasteiger partial charge in [-0.2, -0.15) is 5.10 Å². The van der Waals surface area contributed by atoms with Crippen LogP contribution in [0.15, 0.2) is 12.2 Å². The number of hydrogen-bond acceptors (Lipinski definition) is 6. The van der Waals surface area contributed by atoms with E-state index in [-0.39, 0.29) is 30.1 Å². The third-order valence-corrected chi connectivity index (χ3v) is 2.56. The number of nitrogens with one attached hydrogen (secondary N) is 2. The summed E-state index contributed by atoms with van der Waals surface area (Å²) in [5.74, 6) is -2.25. The third-order valence-electron chi connectivity index (χ3n) is 2.56. The fraction of sp³-hybridized carbons (Fsp3) is 0.250. The van der Waals surface area contributed by atoms with Gasteiger partial charge in [0.25, 0.3) is 5.91 Å². The Morgan fingerprint density at radius 2 is 2.00 bits per heavy atom. The fourth-order valence-electron chi connectivity index (χ4n) is 1.69. The number of hydrogen-bond donors (Lipinski definition) is 2. The molecular formula is C12H11N3O5. The molecule has 2 rings (SSSR count). The third kappa shape index (κ3) is 2.48. The summed E-state index contributed by atoms with van der Waals surface area (Å²) in [7, 11) is 0. The van der Waals surface area contributed by atoms with Crippen molar-refractivity contribution in [2.45, 2.75) is 6.92 Å². The molecule has 8 heteroatoms. The average Bonchev–Trinajstić information content (AvgIpc) is 2.87. The first-order valence-corrected chi connectivity index (χ1v) is 5.83. The number of H-pyrrole nitrogens is 1. The van der Waals surface area contributed by atoms with Crippen molar-refractivity contribution in [3.63, 3.8) is 0 Å². The van der Waals surface area contributed by atoms with Crippen LogP contribution >= 0.6 is 0 Å². The molecular weight excluding hydrogens is 266 g/mol. The monoisotopic (exact) mass is 277 g/mol. The van der Waals surface area contributed by atoms with Gasteiger partial charge in [-0.15, -0.1) is 0 Å². The number of rotatable bonds is 4. The van der Waals surface area contributed by atoms with Crippen LogP contribution in [-0.2, 0) is 9.53 Å². The van der Waals surface area contributed by atoms with Gasteiger partial charge in [0.15, 0.2) is 5.78 Å². The number of ketones is 2. The number of esters is 1. The van der Waals surface area contributed by atoms with Gasteiger partial charge < -0.3 is 10.1 Å². The van der Waals surface area contributed by atoms with Crippen LogP contribution in [0, 0.1) is 0 Å². The predicted molar refractivity (Wildman–Crippen MR) is 65.4 cm³/mol. The number of ether oxygens (including phenoxy) is 1. The fourth-order valence-corrected chi connectivity index (χ4v) is 1.69. The Morgan fingerprint density at radius 1 is 1.30 bits per heavy atom. The first kappa shape index (κ1) is 13.7. The molecule has 0 radical (unpaired) electrons. The summed E-state index contributed by atoms with van der Waals surface area (Å²) in [6.07, 6.45) is 2.16. The summed E-state index contributed by atoms with van der Waals surface area (Å²) < 4.78 is 4.65. The van der Waals surface area contributed by atoms with Crippen LogP contribution in [0.5, 0.6) is 0 Å². The van der Waals surface area contributed by atoms with Crippen molar-refractivity contribution in [1.29, 1.82) is 0 Å². The zero-order chi connectivity index (χ0) is 14.7. The van der Waals surface area contributed by atoms with E-state index in [1.807, 2.05) is 0 Å². The van der Waals surface area contributed by atoms with E-state index in [1.54, 1.807) is 6.92 Å². The molecule has 20 heavy (non-hydrogen) atoms. The molecule has 1 aliphatic carbocycles. The molecule has 0 spiro atoms. The van der Waals surface area contributed by atoms with Crippen molar-refractivity contribution in [3.05, 3.63) is 29.1 Å². The average molecular weight is 277 g/mol. The summed E-state index contributed by atoms with van der Waals surface area (Å²) >= 11 is 0. The number of aromatic amines is 1. The van der Waals surface area contributed by atoms with Gasteiger partial charge in [0.05, 0.1) is 12.2 Å². The maximum atomic E-state index is 11.9. The molecule has 104 valence electrons. The number of carbonyl (C=O) groups excluding carboxylic acids is 4. The van der Waals surface area contributed by atoms with Crippen LogP contribution in [0.3, 0.4) is 0 Å². The number of carbonyl (C=O) groups is 4. The highest BCUT2D eigenvalue weighted by atomic mass is 16.5. The first-order chi connectivity index (χ1) is 9.54. The minimum atomic E-state index is -0.705. The lowest BCUT2D eigenvalue weighted by Crippen LogP contribution is -2.32. The number of amides is 1. The van der Waals surface area contributed by atoms with Gasteiger partial charge in [-0.3, -0.25) is 24.3 Å². The Hall–Kier alpha value is -2.77. The molecule has 1 heterocycles. The van der Waals surface area contributed by atoms with Crippen LogP contribution in [0.2, 0.25) is 0 Å². The quantitative estimate of drug-likeness (QED) is 0.725. The number of aromatic nitrogens is 2. The van der Waals surface area contributed by atoms with Gasteiger partial charge >= 0.3 is 5.97 Å². The lowest BCUT2D eigenvalue weighted by atomic mass is 9.99. The van der Waals surface area contributed by atoms with Crippen LogP contribution in [0.1, 0.15) is 38.3 Å². The van der Waals surface area contributed by atoms with Gasteiger partial charge in [-0.05, 0) is 19.1 Å². The lowest BCUT2D eigenvalue weighted by molar-refractivity contribution is -0.141. The van der Waals surface area contributed by atoms with Crippen molar-refractivity contribution in [2.75, 3.05) is 13.2 Å². The molecule has 0 atom stereocenters.